The van der Waals surface area contributed by atoms with Gasteiger partial charge in [-0.05, 0) is 68.8 Å². The lowest BCUT2D eigenvalue weighted by molar-refractivity contribution is -0.132. The van der Waals surface area contributed by atoms with E-state index >= 15 is 0 Å². The molecule has 34 heavy (non-hydrogen) atoms. The molecule has 0 aliphatic carbocycles. The van der Waals surface area contributed by atoms with Crippen LogP contribution in [0.3, 0.4) is 0 Å². The highest BCUT2D eigenvalue weighted by Crippen LogP contribution is 2.42. The molecule has 2 aromatic carbocycles. The number of hydrogen-bond donors (Lipinski definition) is 1. The number of carbonyl (C=O) groups excluding carboxylic acids is 2. The molecule has 1 aliphatic heterocycles. The maximum atomic E-state index is 14.0. The summed E-state index contributed by atoms with van der Waals surface area (Å²) in [5.74, 6) is -3.99. The largest absolute Gasteiger partial charge is 0.507 e. The number of pyridine rings is 1. The Balaban J connectivity index is 1.89. The second kappa shape index (κ2) is 9.05. The van der Waals surface area contributed by atoms with Crippen LogP contribution in [0.1, 0.15) is 36.7 Å². The molecule has 0 bridgehead atoms. The number of aliphatic hydroxyl groups is 1. The molecule has 1 aliphatic rings. The van der Waals surface area contributed by atoms with E-state index in [1.807, 2.05) is 13.8 Å². The zero-order chi connectivity index (χ0) is 24.6. The van der Waals surface area contributed by atoms with Crippen molar-refractivity contribution >= 4 is 23.1 Å². The second-order valence-electron chi connectivity index (χ2n) is 8.17. The van der Waals surface area contributed by atoms with Crippen molar-refractivity contribution in [3.05, 3.63) is 94.8 Å². The van der Waals surface area contributed by atoms with Gasteiger partial charge < -0.3 is 9.84 Å². The number of halogens is 2. The smallest absolute Gasteiger partial charge is 0.300 e. The topological polar surface area (TPSA) is 79.7 Å². The maximum Gasteiger partial charge on any atom is 0.300 e. The fourth-order valence-electron chi connectivity index (χ4n) is 3.89. The van der Waals surface area contributed by atoms with Gasteiger partial charge in [-0.15, -0.1) is 0 Å². The average molecular weight is 464 g/mol. The Morgan fingerprint density at radius 2 is 1.82 bits per heavy atom. The molecule has 1 atom stereocenters. The van der Waals surface area contributed by atoms with Crippen LogP contribution in [0.25, 0.3) is 5.76 Å². The molecule has 0 saturated carbocycles. The predicted molar refractivity (Wildman–Crippen MR) is 122 cm³/mol. The number of carbonyl (C=O) groups is 2. The number of aromatic nitrogens is 1. The lowest BCUT2D eigenvalue weighted by Crippen LogP contribution is -2.30. The SMILES string of the molecule is Cc1cc(/C(O)=C2\C(=O)C(=O)N(c3ccc(F)c(F)c3)C2c2ccccn2)ccc1OC(C)C. The van der Waals surface area contributed by atoms with Crippen LogP contribution in [0.2, 0.25) is 0 Å². The van der Waals surface area contributed by atoms with Gasteiger partial charge >= 0.3 is 0 Å². The second-order valence-corrected chi connectivity index (χ2v) is 8.17. The molecule has 4 rings (SSSR count). The van der Waals surface area contributed by atoms with E-state index in [2.05, 4.69) is 4.98 Å². The van der Waals surface area contributed by atoms with Gasteiger partial charge in [0, 0.05) is 23.5 Å². The lowest BCUT2D eigenvalue weighted by atomic mass is 9.97. The van der Waals surface area contributed by atoms with Gasteiger partial charge in [0.2, 0.25) is 0 Å². The molecule has 2 heterocycles. The first-order valence-corrected chi connectivity index (χ1v) is 10.6. The number of amides is 1. The van der Waals surface area contributed by atoms with Gasteiger partial charge in [0.05, 0.1) is 17.4 Å². The van der Waals surface area contributed by atoms with Crippen molar-refractivity contribution < 1.29 is 28.2 Å². The van der Waals surface area contributed by atoms with E-state index in [0.29, 0.717) is 11.3 Å². The summed E-state index contributed by atoms with van der Waals surface area (Å²) in [4.78, 5) is 31.4. The van der Waals surface area contributed by atoms with Gasteiger partial charge in [0.25, 0.3) is 11.7 Å². The minimum absolute atomic E-state index is 0.0347. The van der Waals surface area contributed by atoms with Crippen LogP contribution in [-0.4, -0.2) is 27.9 Å². The molecule has 1 N–H and O–H groups in total. The molecule has 0 radical (unpaired) electrons. The number of Topliss-reactive ketones (excluding diaryl/α,β-unsaturated/α-hetero) is 1. The lowest BCUT2D eigenvalue weighted by Gasteiger charge is -2.24. The predicted octanol–water partition coefficient (Wildman–Crippen LogP) is 5.08. The minimum atomic E-state index is -1.17. The number of nitrogens with zero attached hydrogens (tertiary/aromatic N) is 2. The molecule has 0 spiro atoms. The van der Waals surface area contributed by atoms with Gasteiger partial charge in [-0.3, -0.25) is 19.5 Å². The number of ether oxygens (including phenoxy) is 1. The first-order chi connectivity index (χ1) is 16.2. The van der Waals surface area contributed by atoms with E-state index in [0.717, 1.165) is 22.6 Å². The standard InChI is InChI=1S/C26H22F2N2O4/c1-14(2)34-21-10-7-16(12-15(21)3)24(31)22-23(20-6-4-5-11-29-20)30(26(33)25(22)32)17-8-9-18(27)19(28)13-17/h4-14,23,31H,1-3H3/b24-22+. The van der Waals surface area contributed by atoms with Crippen molar-refractivity contribution in [2.45, 2.75) is 32.9 Å². The van der Waals surface area contributed by atoms with E-state index in [1.165, 1.54) is 12.3 Å². The summed E-state index contributed by atoms with van der Waals surface area (Å²) in [5, 5.41) is 11.2. The first-order valence-electron chi connectivity index (χ1n) is 10.6. The van der Waals surface area contributed by atoms with Gasteiger partial charge in [0.1, 0.15) is 17.6 Å². The first kappa shape index (κ1) is 23.1. The normalized spacial score (nSPS) is 17.5. The fraction of sp³-hybridized carbons (Fsp3) is 0.192. The highest BCUT2D eigenvalue weighted by molar-refractivity contribution is 6.51. The Kier molecular flexibility index (Phi) is 6.15. The van der Waals surface area contributed by atoms with E-state index in [1.54, 1.807) is 43.3 Å². The van der Waals surface area contributed by atoms with Gasteiger partial charge in [0.15, 0.2) is 11.6 Å². The number of anilines is 1. The van der Waals surface area contributed by atoms with Gasteiger partial charge in [-0.2, -0.15) is 0 Å². The molecule has 6 nitrogen and oxygen atoms in total. The highest BCUT2D eigenvalue weighted by atomic mass is 19.2. The number of rotatable bonds is 5. The Bertz CT molecular complexity index is 1310. The Hall–Kier alpha value is -4.07. The highest BCUT2D eigenvalue weighted by Gasteiger charge is 2.47. The van der Waals surface area contributed by atoms with Crippen molar-refractivity contribution in [1.29, 1.82) is 0 Å². The number of hydrogen-bond acceptors (Lipinski definition) is 5. The Labute approximate surface area is 195 Å². The van der Waals surface area contributed by atoms with Crippen LogP contribution in [-0.2, 0) is 9.59 Å². The van der Waals surface area contributed by atoms with Crippen LogP contribution in [0.5, 0.6) is 5.75 Å². The van der Waals surface area contributed by atoms with Gasteiger partial charge in [-0.1, -0.05) is 6.07 Å². The third-order valence-corrected chi connectivity index (χ3v) is 5.40. The van der Waals surface area contributed by atoms with Crippen molar-refractivity contribution in [1.82, 2.24) is 4.98 Å². The third kappa shape index (κ3) is 4.14. The molecule has 1 saturated heterocycles. The van der Waals surface area contributed by atoms with Crippen LogP contribution in [0.15, 0.2) is 66.4 Å². The van der Waals surface area contributed by atoms with Crippen LogP contribution >= 0.6 is 0 Å². The van der Waals surface area contributed by atoms with E-state index in [-0.39, 0.29) is 23.1 Å². The summed E-state index contributed by atoms with van der Waals surface area (Å²) in [6.07, 6.45) is 1.42. The summed E-state index contributed by atoms with van der Waals surface area (Å²) in [5.41, 5.74) is 1.07. The summed E-state index contributed by atoms with van der Waals surface area (Å²) in [6.45, 7) is 5.57. The monoisotopic (exact) mass is 464 g/mol. The molecular weight excluding hydrogens is 442 g/mol. The van der Waals surface area contributed by atoms with Crippen molar-refractivity contribution in [2.75, 3.05) is 4.90 Å². The van der Waals surface area contributed by atoms with E-state index in [4.69, 9.17) is 4.74 Å². The quantitative estimate of drug-likeness (QED) is 0.324. The molecule has 1 fully saturated rings. The van der Waals surface area contributed by atoms with E-state index < -0.39 is 35.1 Å². The summed E-state index contributed by atoms with van der Waals surface area (Å²) < 4.78 is 33.3. The molecule has 174 valence electrons. The molecule has 3 aromatic rings. The number of ketones is 1. The molecule has 1 unspecified atom stereocenters. The molecule has 8 heteroatoms. The van der Waals surface area contributed by atoms with Crippen molar-refractivity contribution in [3.8, 4) is 5.75 Å². The fourth-order valence-corrected chi connectivity index (χ4v) is 3.89. The molecular formula is C26H22F2N2O4. The Morgan fingerprint density at radius 1 is 1.06 bits per heavy atom. The van der Waals surface area contributed by atoms with E-state index in [9.17, 15) is 23.5 Å². The molecule has 1 amide bonds. The number of benzene rings is 2. The Morgan fingerprint density at radius 3 is 2.44 bits per heavy atom. The van der Waals surface area contributed by atoms with Gasteiger partial charge in [-0.25, -0.2) is 8.78 Å². The zero-order valence-electron chi connectivity index (χ0n) is 18.8. The number of aryl methyl sites for hydroxylation is 1. The third-order valence-electron chi connectivity index (χ3n) is 5.40. The van der Waals surface area contributed by atoms with Crippen molar-refractivity contribution in [2.24, 2.45) is 0 Å². The molecule has 1 aromatic heterocycles. The summed E-state index contributed by atoms with van der Waals surface area (Å²) in [7, 11) is 0. The average Bonchev–Trinajstić information content (AvgIpc) is 3.07. The van der Waals surface area contributed by atoms with Crippen LogP contribution < -0.4 is 9.64 Å². The number of aliphatic hydroxyl groups excluding tert-OH is 1. The summed E-state index contributed by atoms with van der Waals surface area (Å²) >= 11 is 0. The summed E-state index contributed by atoms with van der Waals surface area (Å²) in [6, 6.07) is 11.6. The minimum Gasteiger partial charge on any atom is -0.507 e. The zero-order valence-corrected chi connectivity index (χ0v) is 18.8. The van der Waals surface area contributed by atoms with Crippen molar-refractivity contribution in [3.63, 3.8) is 0 Å². The van der Waals surface area contributed by atoms with Crippen LogP contribution in [0, 0.1) is 18.6 Å². The van der Waals surface area contributed by atoms with Crippen LogP contribution in [0.4, 0.5) is 14.5 Å². The maximum absolute atomic E-state index is 14.0.